The highest BCUT2D eigenvalue weighted by Gasteiger charge is 2.46. The van der Waals surface area contributed by atoms with Crippen molar-refractivity contribution in [3.63, 3.8) is 0 Å². The fraction of sp³-hybridized carbons (Fsp3) is 0.608. The van der Waals surface area contributed by atoms with E-state index in [-0.39, 0.29) is 40.7 Å². The predicted octanol–water partition coefficient (Wildman–Crippen LogP) is 8.48. The summed E-state index contributed by atoms with van der Waals surface area (Å²) in [6, 6.07) is 4.12. The monoisotopic (exact) mass is 1020 g/mol. The second kappa shape index (κ2) is 21.9. The fourth-order valence-corrected chi connectivity index (χ4v) is 11.3. The van der Waals surface area contributed by atoms with Crippen LogP contribution in [0.4, 0.5) is 20.4 Å². The number of likely N-dealkylation sites (tertiary alicyclic amines) is 2. The molecule has 0 aromatic carbocycles. The summed E-state index contributed by atoms with van der Waals surface area (Å²) in [5.74, 6) is -2.44. The fourth-order valence-electron chi connectivity index (χ4n) is 9.16. The number of thiazole rings is 2. The number of amides is 4. The van der Waals surface area contributed by atoms with Crippen molar-refractivity contribution < 1.29 is 38.2 Å². The normalized spacial score (nSPS) is 19.7. The molecule has 2 aliphatic carbocycles. The number of aliphatic hydroxyl groups is 2. The lowest BCUT2D eigenvalue weighted by atomic mass is 10.0. The predicted molar refractivity (Wildman–Crippen MR) is 274 cm³/mol. The number of anilines is 2. The van der Waals surface area contributed by atoms with E-state index in [4.69, 9.17) is 0 Å². The van der Waals surface area contributed by atoms with Crippen LogP contribution < -0.4 is 21.3 Å². The van der Waals surface area contributed by atoms with Crippen LogP contribution in [0, 0.1) is 19.8 Å². The Morgan fingerprint density at radius 3 is 1.70 bits per heavy atom. The summed E-state index contributed by atoms with van der Waals surface area (Å²) in [5, 5.41) is 32.4. The van der Waals surface area contributed by atoms with Crippen LogP contribution in [-0.4, -0.2) is 131 Å². The first-order chi connectivity index (χ1) is 33.4. The molecular weight excluding hydrogens is 951 g/mol. The number of aryl methyl sites for hydroxylation is 2. The molecule has 71 heavy (non-hydrogen) atoms. The van der Waals surface area contributed by atoms with Crippen LogP contribution in [-0.2, 0) is 0 Å². The number of rotatable bonds is 15. The van der Waals surface area contributed by atoms with E-state index < -0.39 is 53.9 Å². The summed E-state index contributed by atoms with van der Waals surface area (Å²) < 4.78 is 28.1. The van der Waals surface area contributed by atoms with Crippen molar-refractivity contribution >= 4 is 57.9 Å². The molecule has 386 valence electrons. The number of nitrogens with zero attached hydrogens (tertiary/aromatic N) is 6. The van der Waals surface area contributed by atoms with Gasteiger partial charge in [0.15, 0.2) is 10.0 Å². The van der Waals surface area contributed by atoms with Gasteiger partial charge in [0.05, 0.1) is 27.5 Å². The van der Waals surface area contributed by atoms with Crippen LogP contribution in [0.2, 0.25) is 0 Å². The minimum atomic E-state index is -2.97. The van der Waals surface area contributed by atoms with Crippen LogP contribution in [0.25, 0.3) is 20.9 Å². The number of hydrogen-bond acceptors (Lipinski definition) is 14. The Hall–Kier alpha value is -5.18. The van der Waals surface area contributed by atoms with Crippen LogP contribution in [0.15, 0.2) is 24.5 Å². The Kier molecular flexibility index (Phi) is 16.5. The molecule has 4 aromatic heterocycles. The maximum Gasteiger partial charge on any atom is 0.280 e. The first kappa shape index (κ1) is 53.6. The Morgan fingerprint density at radius 2 is 1.24 bits per heavy atom. The minimum Gasteiger partial charge on any atom is -0.389 e. The summed E-state index contributed by atoms with van der Waals surface area (Å²) in [5.41, 5.74) is 1.31. The zero-order chi connectivity index (χ0) is 51.6. The van der Waals surface area contributed by atoms with Crippen molar-refractivity contribution in [2.24, 2.45) is 5.92 Å². The third-order valence-electron chi connectivity index (χ3n) is 13.4. The van der Waals surface area contributed by atoms with Gasteiger partial charge in [-0.15, -0.1) is 22.7 Å². The van der Waals surface area contributed by atoms with E-state index in [0.717, 1.165) is 76.7 Å². The van der Waals surface area contributed by atoms with Gasteiger partial charge < -0.3 is 41.3 Å². The largest absolute Gasteiger partial charge is 0.389 e. The SMILES string of the molecule is Cc1cc(NC2CCCC2)ncc1-c1sc(C(=O)NCC(C)(C)O)nc1C(=O)N1CC(F)(F)C[C@@H]1C.Cc1cc(N[C@@H](C)C2CC2)ncc1-c1sc(C(=O)NCC(C)(C)O)nc1C(=O)N1CCCC[C@@H]1C. The number of piperidine rings is 1. The van der Waals surface area contributed by atoms with Crippen LogP contribution in [0.1, 0.15) is 164 Å². The molecule has 8 rings (SSSR count). The number of hydrogen-bond donors (Lipinski definition) is 6. The van der Waals surface area contributed by atoms with Gasteiger partial charge in [0.25, 0.3) is 29.6 Å². The van der Waals surface area contributed by atoms with Crippen LogP contribution >= 0.6 is 22.7 Å². The highest BCUT2D eigenvalue weighted by Crippen LogP contribution is 2.39. The number of pyridine rings is 2. The molecule has 6 heterocycles. The quantitative estimate of drug-likeness (QED) is 0.0662. The van der Waals surface area contributed by atoms with E-state index in [2.05, 4.69) is 55.1 Å². The van der Waals surface area contributed by atoms with Crippen molar-refractivity contribution in [2.45, 2.75) is 168 Å². The molecule has 2 saturated carbocycles. The first-order valence-corrected chi connectivity index (χ1v) is 26.5. The standard InChI is InChI=1S/C26H37N5O3S.C25H33F2N5O3S/c1-15-12-20(29-17(3)18-9-10-18)27-13-19(15)22-21(25(33)31-11-7-6-8-16(31)2)30-24(35-22)23(32)28-14-26(4,5)34;1-14-9-18(30-16-7-5-6-8-16)28-11-17(14)20-19(23(34)32-13-25(26,27)10-15(32)2)31-22(36-20)21(33)29-12-24(3,4)35/h12-13,16-18,34H,6-11,14H2,1-5H3,(H,27,29)(H,28,32);9,11,15-16,35H,5-8,10,12-13H2,1-4H3,(H,28,30)(H,29,33)/t16-,17-;15-/m00/s1. The number of halogens is 2. The van der Waals surface area contributed by atoms with E-state index in [1.165, 1.54) is 37.0 Å². The van der Waals surface area contributed by atoms with Crippen molar-refractivity contribution in [3.8, 4) is 20.9 Å². The van der Waals surface area contributed by atoms with Gasteiger partial charge in [0.1, 0.15) is 23.0 Å². The van der Waals surface area contributed by atoms with Crippen LogP contribution in [0.5, 0.6) is 0 Å². The molecule has 4 aliphatic rings. The summed E-state index contributed by atoms with van der Waals surface area (Å²) >= 11 is 2.21. The van der Waals surface area contributed by atoms with E-state index in [9.17, 15) is 38.2 Å². The number of alkyl halides is 2. The second-order valence-corrected chi connectivity index (χ2v) is 23.2. The van der Waals surface area contributed by atoms with Gasteiger partial charge in [0, 0.05) is 73.7 Å². The smallest absolute Gasteiger partial charge is 0.280 e. The molecule has 4 aromatic rings. The lowest BCUT2D eigenvalue weighted by Gasteiger charge is -2.33. The molecule has 2 saturated heterocycles. The third kappa shape index (κ3) is 13.9. The van der Waals surface area contributed by atoms with Gasteiger partial charge in [-0.05, 0) is 136 Å². The number of carbonyl (C=O) groups excluding carboxylic acids is 4. The molecule has 4 fully saturated rings. The zero-order valence-corrected chi connectivity index (χ0v) is 44.0. The third-order valence-corrected chi connectivity index (χ3v) is 15.6. The molecule has 0 spiro atoms. The molecule has 20 heteroatoms. The summed E-state index contributed by atoms with van der Waals surface area (Å²) in [4.78, 5) is 74.8. The maximum atomic E-state index is 14.0. The van der Waals surface area contributed by atoms with Gasteiger partial charge in [-0.2, -0.15) is 0 Å². The molecule has 4 amide bonds. The Morgan fingerprint density at radius 1 is 0.746 bits per heavy atom. The van der Waals surface area contributed by atoms with Crippen molar-refractivity contribution in [1.29, 1.82) is 0 Å². The maximum absolute atomic E-state index is 14.0. The van der Waals surface area contributed by atoms with Crippen molar-refractivity contribution in [1.82, 2.24) is 40.4 Å². The molecule has 0 radical (unpaired) electrons. The molecule has 3 atom stereocenters. The molecule has 0 unspecified atom stereocenters. The zero-order valence-electron chi connectivity index (χ0n) is 42.4. The Labute approximate surface area is 423 Å². The number of aromatic nitrogens is 4. The summed E-state index contributed by atoms with van der Waals surface area (Å²) in [7, 11) is 0. The lowest BCUT2D eigenvalue weighted by Crippen LogP contribution is -2.42. The highest BCUT2D eigenvalue weighted by molar-refractivity contribution is 7.17. The molecule has 16 nitrogen and oxygen atoms in total. The molecule has 2 aliphatic heterocycles. The number of nitrogens with one attached hydrogen (secondary N) is 4. The van der Waals surface area contributed by atoms with Gasteiger partial charge in [-0.1, -0.05) is 12.8 Å². The van der Waals surface area contributed by atoms with Crippen LogP contribution in [0.3, 0.4) is 0 Å². The average molecular weight is 1020 g/mol. The van der Waals surface area contributed by atoms with E-state index >= 15 is 0 Å². The molecular formula is C51H70F2N10O6S2. The van der Waals surface area contributed by atoms with E-state index in [1.807, 2.05) is 30.9 Å². The number of carbonyl (C=O) groups is 4. The second-order valence-electron chi connectivity index (χ2n) is 21.2. The van der Waals surface area contributed by atoms with E-state index in [0.29, 0.717) is 45.6 Å². The molecule has 0 bridgehead atoms. The topological polar surface area (TPSA) is 215 Å². The average Bonchev–Trinajstić information content (AvgIpc) is 3.56. The Bertz CT molecular complexity index is 2580. The van der Waals surface area contributed by atoms with Gasteiger partial charge >= 0.3 is 0 Å². The first-order valence-electron chi connectivity index (χ1n) is 24.9. The van der Waals surface area contributed by atoms with Gasteiger partial charge in [0.2, 0.25) is 0 Å². The minimum absolute atomic E-state index is 0.0124. The van der Waals surface area contributed by atoms with Gasteiger partial charge in [-0.3, -0.25) is 19.2 Å². The van der Waals surface area contributed by atoms with Crippen molar-refractivity contribution in [3.05, 3.63) is 57.1 Å². The lowest BCUT2D eigenvalue weighted by molar-refractivity contribution is 0.0117. The Balaban J connectivity index is 0.000000209. The van der Waals surface area contributed by atoms with Gasteiger partial charge in [-0.25, -0.2) is 28.7 Å². The van der Waals surface area contributed by atoms with Crippen molar-refractivity contribution in [2.75, 3.05) is 36.8 Å². The molecule has 6 N–H and O–H groups in total. The highest BCUT2D eigenvalue weighted by atomic mass is 32.1. The summed E-state index contributed by atoms with van der Waals surface area (Å²) in [6.45, 7) is 16.1. The van der Waals surface area contributed by atoms with E-state index in [1.54, 1.807) is 47.0 Å². The summed E-state index contributed by atoms with van der Waals surface area (Å²) in [6.07, 6.45) is 13.1.